The van der Waals surface area contributed by atoms with Crippen molar-refractivity contribution in [3.8, 4) is 5.69 Å². The second-order valence-electron chi connectivity index (χ2n) is 7.63. The van der Waals surface area contributed by atoms with E-state index in [9.17, 15) is 0 Å². The van der Waals surface area contributed by atoms with E-state index in [0.717, 1.165) is 10.8 Å². The van der Waals surface area contributed by atoms with Gasteiger partial charge in [0.15, 0.2) is 5.11 Å². The largest absolute Gasteiger partial charge is 0.352 e. The van der Waals surface area contributed by atoms with Gasteiger partial charge in [0.1, 0.15) is 0 Å². The van der Waals surface area contributed by atoms with Crippen LogP contribution in [0.5, 0.6) is 0 Å². The normalized spacial score (nSPS) is 19.3. The molecule has 0 amide bonds. The fourth-order valence-electron chi connectivity index (χ4n) is 4.32. The number of aryl methyl sites for hydroxylation is 1. The van der Waals surface area contributed by atoms with Gasteiger partial charge in [-0.3, -0.25) is 4.98 Å². The van der Waals surface area contributed by atoms with Crippen LogP contribution in [0.4, 0.5) is 0 Å². The predicted molar refractivity (Wildman–Crippen MR) is 118 cm³/mol. The fourth-order valence-corrected chi connectivity index (χ4v) is 4.77. The van der Waals surface area contributed by atoms with E-state index in [0.29, 0.717) is 6.04 Å². The molecule has 3 heterocycles. The third-order valence-electron chi connectivity index (χ3n) is 5.49. The molecule has 0 unspecified atom stereocenters. The molecule has 5 heteroatoms. The van der Waals surface area contributed by atoms with Crippen molar-refractivity contribution in [2.75, 3.05) is 0 Å². The standard InChI is InChI=1S/C23H26N4S/c1-15(2)26-22(21(25-23(26)28)20-12-8-9-13-24-20)19-14-16(3)27(17(19)4)18-10-6-5-7-11-18/h5-15,21-22H,1-4H3,(H,25,28)/t21-,22-/m0/s1. The predicted octanol–water partition coefficient (Wildman–Crippen LogP) is 4.87. The smallest absolute Gasteiger partial charge is 0.170 e. The molecule has 1 aromatic carbocycles. The molecule has 2 aromatic heterocycles. The van der Waals surface area contributed by atoms with Crippen LogP contribution >= 0.6 is 12.2 Å². The number of pyridine rings is 1. The third kappa shape index (κ3) is 3.10. The van der Waals surface area contributed by atoms with Crippen molar-refractivity contribution in [2.45, 2.75) is 45.8 Å². The molecule has 0 bridgehead atoms. The Labute approximate surface area is 172 Å². The molecule has 1 N–H and O–H groups in total. The minimum Gasteiger partial charge on any atom is -0.352 e. The number of thiocarbonyl (C=S) groups is 1. The highest BCUT2D eigenvalue weighted by molar-refractivity contribution is 7.80. The van der Waals surface area contributed by atoms with Gasteiger partial charge < -0.3 is 14.8 Å². The zero-order valence-corrected chi connectivity index (χ0v) is 17.6. The quantitative estimate of drug-likeness (QED) is 0.644. The van der Waals surface area contributed by atoms with E-state index in [4.69, 9.17) is 12.2 Å². The molecule has 4 nitrogen and oxygen atoms in total. The topological polar surface area (TPSA) is 33.1 Å². The van der Waals surface area contributed by atoms with E-state index in [1.807, 2.05) is 18.3 Å². The molecule has 3 aromatic rings. The van der Waals surface area contributed by atoms with E-state index in [2.05, 4.69) is 89.9 Å². The summed E-state index contributed by atoms with van der Waals surface area (Å²) in [5.41, 5.74) is 5.95. The van der Waals surface area contributed by atoms with Crippen LogP contribution in [0, 0.1) is 13.8 Å². The summed E-state index contributed by atoms with van der Waals surface area (Å²) >= 11 is 5.73. The summed E-state index contributed by atoms with van der Waals surface area (Å²) in [6.07, 6.45) is 1.85. The number of nitrogens with one attached hydrogen (secondary N) is 1. The van der Waals surface area contributed by atoms with E-state index < -0.39 is 0 Å². The average Bonchev–Trinajstić information content (AvgIpc) is 3.19. The molecule has 0 aliphatic carbocycles. The Hall–Kier alpha value is -2.66. The van der Waals surface area contributed by atoms with E-state index in [-0.39, 0.29) is 12.1 Å². The number of nitrogens with zero attached hydrogens (tertiary/aromatic N) is 3. The minimum absolute atomic E-state index is 0.0285. The van der Waals surface area contributed by atoms with Crippen LogP contribution in [0.25, 0.3) is 5.69 Å². The summed E-state index contributed by atoms with van der Waals surface area (Å²) in [7, 11) is 0. The Morgan fingerprint density at radius 1 is 1.04 bits per heavy atom. The number of aromatic nitrogens is 2. The Morgan fingerprint density at radius 2 is 1.75 bits per heavy atom. The van der Waals surface area contributed by atoms with E-state index >= 15 is 0 Å². The lowest BCUT2D eigenvalue weighted by Gasteiger charge is -2.31. The van der Waals surface area contributed by atoms with E-state index in [1.165, 1.54) is 22.6 Å². The molecule has 144 valence electrons. The van der Waals surface area contributed by atoms with Crippen LogP contribution in [0.1, 0.15) is 48.6 Å². The van der Waals surface area contributed by atoms with Crippen molar-refractivity contribution >= 4 is 17.3 Å². The number of para-hydroxylation sites is 1. The van der Waals surface area contributed by atoms with Crippen molar-refractivity contribution in [3.63, 3.8) is 0 Å². The summed E-state index contributed by atoms with van der Waals surface area (Å²) in [4.78, 5) is 6.94. The second kappa shape index (κ2) is 7.40. The van der Waals surface area contributed by atoms with E-state index in [1.54, 1.807) is 0 Å². The van der Waals surface area contributed by atoms with Crippen molar-refractivity contribution in [2.24, 2.45) is 0 Å². The highest BCUT2D eigenvalue weighted by Crippen LogP contribution is 2.42. The first-order valence-electron chi connectivity index (χ1n) is 9.73. The first-order valence-corrected chi connectivity index (χ1v) is 10.1. The number of hydrogen-bond acceptors (Lipinski definition) is 2. The average molecular weight is 391 g/mol. The zero-order chi connectivity index (χ0) is 19.8. The zero-order valence-electron chi connectivity index (χ0n) is 16.8. The molecule has 2 atom stereocenters. The molecule has 1 fully saturated rings. The lowest BCUT2D eigenvalue weighted by atomic mass is 9.96. The lowest BCUT2D eigenvalue weighted by Crippen LogP contribution is -2.35. The van der Waals surface area contributed by atoms with Gasteiger partial charge in [-0.05, 0) is 75.8 Å². The molecule has 1 saturated heterocycles. The van der Waals surface area contributed by atoms with Gasteiger partial charge in [-0.2, -0.15) is 0 Å². The van der Waals surface area contributed by atoms with Crippen molar-refractivity contribution < 1.29 is 0 Å². The Bertz CT molecular complexity index is 979. The van der Waals surface area contributed by atoms with Crippen LogP contribution in [0.3, 0.4) is 0 Å². The molecule has 0 spiro atoms. The van der Waals surface area contributed by atoms with Gasteiger partial charge in [0.25, 0.3) is 0 Å². The van der Waals surface area contributed by atoms with Gasteiger partial charge in [0, 0.05) is 29.3 Å². The number of benzene rings is 1. The molecule has 28 heavy (non-hydrogen) atoms. The maximum absolute atomic E-state index is 5.73. The fraction of sp³-hybridized carbons (Fsp3) is 0.304. The maximum atomic E-state index is 5.73. The Balaban J connectivity index is 1.86. The monoisotopic (exact) mass is 390 g/mol. The van der Waals surface area contributed by atoms with Crippen molar-refractivity contribution in [1.82, 2.24) is 19.8 Å². The first kappa shape index (κ1) is 18.7. The summed E-state index contributed by atoms with van der Waals surface area (Å²) in [5.74, 6) is 0. The molecule has 4 rings (SSSR count). The summed E-state index contributed by atoms with van der Waals surface area (Å²) in [6.45, 7) is 8.75. The van der Waals surface area contributed by atoms with Gasteiger partial charge in [-0.15, -0.1) is 0 Å². The molecular weight excluding hydrogens is 364 g/mol. The second-order valence-corrected chi connectivity index (χ2v) is 8.01. The SMILES string of the molecule is Cc1cc([C@H]2[C@H](c3ccccn3)NC(=S)N2C(C)C)c(C)n1-c1ccccc1. The van der Waals surface area contributed by atoms with Crippen molar-refractivity contribution in [1.29, 1.82) is 0 Å². The number of hydrogen-bond donors (Lipinski definition) is 1. The highest BCUT2D eigenvalue weighted by Gasteiger charge is 2.42. The molecule has 0 saturated carbocycles. The van der Waals surface area contributed by atoms with Gasteiger partial charge in [-0.1, -0.05) is 24.3 Å². The Kier molecular flexibility index (Phi) is 4.94. The summed E-state index contributed by atoms with van der Waals surface area (Å²) < 4.78 is 2.32. The van der Waals surface area contributed by atoms with Crippen molar-refractivity contribution in [3.05, 3.63) is 83.4 Å². The third-order valence-corrected chi connectivity index (χ3v) is 5.82. The molecule has 1 aliphatic heterocycles. The van der Waals surface area contributed by atoms with Crippen LogP contribution in [-0.4, -0.2) is 25.6 Å². The van der Waals surface area contributed by atoms with Crippen LogP contribution in [0.15, 0.2) is 60.8 Å². The minimum atomic E-state index is 0.0285. The molecular formula is C23H26N4S. The highest BCUT2D eigenvalue weighted by atomic mass is 32.1. The molecule has 1 aliphatic rings. The maximum Gasteiger partial charge on any atom is 0.170 e. The molecule has 0 radical (unpaired) electrons. The Morgan fingerprint density at radius 3 is 2.39 bits per heavy atom. The van der Waals surface area contributed by atoms with Gasteiger partial charge >= 0.3 is 0 Å². The lowest BCUT2D eigenvalue weighted by molar-refractivity contribution is 0.269. The van der Waals surface area contributed by atoms with Crippen LogP contribution < -0.4 is 5.32 Å². The first-order chi connectivity index (χ1) is 13.5. The van der Waals surface area contributed by atoms with Gasteiger partial charge in [0.2, 0.25) is 0 Å². The summed E-state index contributed by atoms with van der Waals surface area (Å²) in [6, 6.07) is 19.3. The van der Waals surface area contributed by atoms with Crippen LogP contribution in [0.2, 0.25) is 0 Å². The van der Waals surface area contributed by atoms with Gasteiger partial charge in [0.05, 0.1) is 17.8 Å². The summed E-state index contributed by atoms with van der Waals surface area (Å²) in [5, 5.41) is 4.32. The van der Waals surface area contributed by atoms with Gasteiger partial charge in [-0.25, -0.2) is 0 Å². The number of rotatable bonds is 4. The van der Waals surface area contributed by atoms with Crippen LogP contribution in [-0.2, 0) is 0 Å².